The molecule has 0 bridgehead atoms. The van der Waals surface area contributed by atoms with Crippen LogP contribution < -0.4 is 0 Å². The summed E-state index contributed by atoms with van der Waals surface area (Å²) in [5.41, 5.74) is 0.748. The molecule has 0 unspecified atom stereocenters. The fourth-order valence-corrected chi connectivity index (χ4v) is 2.60. The topological polar surface area (TPSA) is 63.1 Å². The zero-order valence-electron chi connectivity index (χ0n) is 8.77. The number of aryl methyl sites for hydroxylation is 2. The molecule has 0 radical (unpaired) electrons. The predicted molar refractivity (Wildman–Crippen MR) is 62.5 cm³/mol. The Morgan fingerprint density at radius 2 is 2.13 bits per heavy atom. The van der Waals surface area contributed by atoms with Gasteiger partial charge in [-0.1, -0.05) is 17.7 Å². The van der Waals surface area contributed by atoms with Crippen molar-refractivity contribution in [3.05, 3.63) is 17.1 Å². The van der Waals surface area contributed by atoms with Gasteiger partial charge in [0.25, 0.3) is 0 Å². The smallest absolute Gasteiger partial charge is 0.340 e. The van der Waals surface area contributed by atoms with Crippen molar-refractivity contribution in [1.82, 2.24) is 9.97 Å². The van der Waals surface area contributed by atoms with Gasteiger partial charge in [-0.2, -0.15) is 0 Å². The molecule has 1 aromatic heterocycles. The van der Waals surface area contributed by atoms with E-state index in [0.29, 0.717) is 23.0 Å². The van der Waals surface area contributed by atoms with Gasteiger partial charge in [0.2, 0.25) is 0 Å². The molecule has 6 heteroatoms. The first kappa shape index (κ1) is 12.3. The van der Waals surface area contributed by atoms with Gasteiger partial charge >= 0.3 is 5.97 Å². The third-order valence-corrected chi connectivity index (χ3v) is 3.39. The van der Waals surface area contributed by atoms with Crippen molar-refractivity contribution in [1.29, 1.82) is 0 Å². The van der Waals surface area contributed by atoms with Crippen LogP contribution in [0.15, 0.2) is 5.03 Å². The van der Waals surface area contributed by atoms with Crippen molar-refractivity contribution in [2.24, 2.45) is 0 Å². The third-order valence-electron chi connectivity index (χ3n) is 1.80. The Balaban J connectivity index is 3.28. The van der Waals surface area contributed by atoms with E-state index in [1.54, 1.807) is 6.92 Å². The molecule has 1 N–H and O–H groups in total. The molecule has 0 aliphatic carbocycles. The van der Waals surface area contributed by atoms with E-state index in [1.807, 2.05) is 13.2 Å². The van der Waals surface area contributed by atoms with Crippen molar-refractivity contribution in [3.63, 3.8) is 0 Å². The molecule has 0 fully saturated rings. The molecule has 0 aliphatic heterocycles. The number of nitrogens with zero attached hydrogens (tertiary/aromatic N) is 2. The van der Waals surface area contributed by atoms with Crippen molar-refractivity contribution >= 4 is 27.6 Å². The molecule has 15 heavy (non-hydrogen) atoms. The van der Waals surface area contributed by atoms with Gasteiger partial charge in [0.1, 0.15) is 16.4 Å². The maximum atomic E-state index is 11.0. The van der Waals surface area contributed by atoms with E-state index in [9.17, 15) is 4.79 Å². The lowest BCUT2D eigenvalue weighted by atomic mass is 10.2. The van der Waals surface area contributed by atoms with Crippen LogP contribution in [-0.4, -0.2) is 27.3 Å². The molecule has 0 aromatic carbocycles. The fraction of sp³-hybridized carbons (Fsp3) is 0.444. The highest BCUT2D eigenvalue weighted by atomic mass is 33.1. The Bertz CT molecular complexity index is 383. The zero-order chi connectivity index (χ0) is 11.4. The van der Waals surface area contributed by atoms with Crippen LogP contribution in [0.25, 0.3) is 0 Å². The molecule has 1 aromatic rings. The lowest BCUT2D eigenvalue weighted by molar-refractivity contribution is 0.0690. The number of carboxylic acids is 1. The van der Waals surface area contributed by atoms with Crippen LogP contribution in [-0.2, 0) is 6.42 Å². The van der Waals surface area contributed by atoms with E-state index in [-0.39, 0.29) is 5.56 Å². The summed E-state index contributed by atoms with van der Waals surface area (Å²) < 4.78 is 0. The normalized spacial score (nSPS) is 10.3. The van der Waals surface area contributed by atoms with Gasteiger partial charge in [0.15, 0.2) is 0 Å². The van der Waals surface area contributed by atoms with Crippen molar-refractivity contribution in [2.75, 3.05) is 6.26 Å². The number of aromatic carboxylic acids is 1. The highest BCUT2D eigenvalue weighted by molar-refractivity contribution is 8.76. The van der Waals surface area contributed by atoms with E-state index in [2.05, 4.69) is 9.97 Å². The van der Waals surface area contributed by atoms with E-state index in [1.165, 1.54) is 21.6 Å². The molecule has 4 nitrogen and oxygen atoms in total. The number of hydrogen-bond donors (Lipinski definition) is 1. The molecule has 0 saturated heterocycles. The molecule has 1 heterocycles. The van der Waals surface area contributed by atoms with Crippen LogP contribution in [0.4, 0.5) is 0 Å². The van der Waals surface area contributed by atoms with Crippen molar-refractivity contribution < 1.29 is 9.90 Å². The van der Waals surface area contributed by atoms with Gasteiger partial charge in [-0.05, 0) is 24.0 Å². The number of rotatable bonds is 4. The Hall–Kier alpha value is -0.750. The van der Waals surface area contributed by atoms with Gasteiger partial charge in [0.05, 0.1) is 5.69 Å². The number of carbonyl (C=O) groups is 1. The van der Waals surface area contributed by atoms with Crippen LogP contribution in [0.1, 0.15) is 28.8 Å². The highest BCUT2D eigenvalue weighted by Crippen LogP contribution is 2.30. The summed E-state index contributed by atoms with van der Waals surface area (Å²) in [5.74, 6) is -0.277. The molecule has 82 valence electrons. The lowest BCUT2D eigenvalue weighted by Crippen LogP contribution is -2.08. The third kappa shape index (κ3) is 2.85. The van der Waals surface area contributed by atoms with Gasteiger partial charge in [-0.15, -0.1) is 0 Å². The van der Waals surface area contributed by atoms with E-state index in [4.69, 9.17) is 5.11 Å². The average Bonchev–Trinajstić information content (AvgIpc) is 2.16. The summed E-state index contributed by atoms with van der Waals surface area (Å²) in [4.78, 5) is 19.4. The summed E-state index contributed by atoms with van der Waals surface area (Å²) in [7, 11) is 2.84. The molecule has 0 spiro atoms. The van der Waals surface area contributed by atoms with Crippen molar-refractivity contribution in [2.45, 2.75) is 25.3 Å². The summed E-state index contributed by atoms with van der Waals surface area (Å²) in [6, 6.07) is 0. The predicted octanol–water partition coefficient (Wildman–Crippen LogP) is 2.42. The highest BCUT2D eigenvalue weighted by Gasteiger charge is 2.17. The maximum absolute atomic E-state index is 11.0. The van der Waals surface area contributed by atoms with E-state index < -0.39 is 5.97 Å². The molecule has 0 amide bonds. The first-order valence-electron chi connectivity index (χ1n) is 4.41. The minimum Gasteiger partial charge on any atom is -0.478 e. The standard InChI is InChI=1S/C9H12N2O2S2/c1-4-6-10-5(2)7(9(12)13)8(11-6)15-14-3/h4H2,1-3H3,(H,12,13). The Morgan fingerprint density at radius 1 is 1.47 bits per heavy atom. The Labute approximate surface area is 96.3 Å². The monoisotopic (exact) mass is 244 g/mol. The summed E-state index contributed by atoms with van der Waals surface area (Å²) in [6.07, 6.45) is 2.60. The van der Waals surface area contributed by atoms with E-state index >= 15 is 0 Å². The molecular weight excluding hydrogens is 232 g/mol. The Morgan fingerprint density at radius 3 is 2.60 bits per heavy atom. The summed E-state index contributed by atoms with van der Waals surface area (Å²) in [5, 5.41) is 9.58. The number of aromatic nitrogens is 2. The second-order valence-electron chi connectivity index (χ2n) is 2.81. The number of hydrogen-bond acceptors (Lipinski definition) is 5. The minimum absolute atomic E-state index is 0.214. The lowest BCUT2D eigenvalue weighted by Gasteiger charge is -2.07. The van der Waals surface area contributed by atoms with Gasteiger partial charge < -0.3 is 5.11 Å². The second-order valence-corrected chi connectivity index (χ2v) is 5.20. The fourth-order valence-electron chi connectivity index (χ4n) is 1.15. The molecular formula is C9H12N2O2S2. The first-order chi connectivity index (χ1) is 7.10. The summed E-state index contributed by atoms with van der Waals surface area (Å²) >= 11 is 0. The van der Waals surface area contributed by atoms with Crippen LogP contribution >= 0.6 is 21.6 Å². The average molecular weight is 244 g/mol. The second kappa shape index (κ2) is 5.37. The van der Waals surface area contributed by atoms with Gasteiger partial charge in [-0.25, -0.2) is 14.8 Å². The largest absolute Gasteiger partial charge is 0.478 e. The molecule has 0 saturated carbocycles. The molecule has 0 aliphatic rings. The SMILES string of the molecule is CCc1nc(C)c(C(=O)O)c(SSC)n1. The van der Waals surface area contributed by atoms with Crippen LogP contribution in [0.3, 0.4) is 0 Å². The van der Waals surface area contributed by atoms with Gasteiger partial charge in [-0.3, -0.25) is 0 Å². The van der Waals surface area contributed by atoms with Gasteiger partial charge in [0, 0.05) is 6.42 Å². The maximum Gasteiger partial charge on any atom is 0.340 e. The number of carboxylic acid groups (broad SMARTS) is 1. The van der Waals surface area contributed by atoms with Crippen molar-refractivity contribution in [3.8, 4) is 0 Å². The Kier molecular flexibility index (Phi) is 4.41. The van der Waals surface area contributed by atoms with Crippen LogP contribution in [0.2, 0.25) is 0 Å². The minimum atomic E-state index is -0.966. The molecule has 1 rings (SSSR count). The van der Waals surface area contributed by atoms with E-state index in [0.717, 1.165) is 0 Å². The first-order valence-corrected chi connectivity index (χ1v) is 6.97. The quantitative estimate of drug-likeness (QED) is 0.648. The van der Waals surface area contributed by atoms with Crippen LogP contribution in [0.5, 0.6) is 0 Å². The zero-order valence-corrected chi connectivity index (χ0v) is 10.4. The molecule has 0 atom stereocenters. The van der Waals surface area contributed by atoms with Crippen LogP contribution in [0, 0.1) is 6.92 Å². The summed E-state index contributed by atoms with van der Waals surface area (Å²) in [6.45, 7) is 3.65.